The molecule has 1 unspecified atom stereocenters. The standard InChI is InChI=1S/C22H22N2O3S/c1-12(2)13-7-8-15-14(9-13)10-18(27-22(15)26)20(25)24-21-17(11-23)16-5-3-4-6-19(16)28-21/h7-9,12,18H,3-6,10H2,1-2H3,(H,24,25). The minimum Gasteiger partial charge on any atom is -0.448 e. The molecule has 5 nitrogen and oxygen atoms in total. The number of nitrogens with zero attached hydrogens (tertiary/aromatic N) is 1. The van der Waals surface area contributed by atoms with Crippen LogP contribution in [0.4, 0.5) is 5.00 Å². The maximum absolute atomic E-state index is 12.8. The molecule has 1 aromatic carbocycles. The van der Waals surface area contributed by atoms with E-state index in [9.17, 15) is 14.9 Å². The van der Waals surface area contributed by atoms with Gasteiger partial charge in [-0.3, -0.25) is 4.79 Å². The van der Waals surface area contributed by atoms with Gasteiger partial charge < -0.3 is 10.1 Å². The quantitative estimate of drug-likeness (QED) is 0.785. The van der Waals surface area contributed by atoms with Gasteiger partial charge in [-0.15, -0.1) is 11.3 Å². The fourth-order valence-corrected chi connectivity index (χ4v) is 5.13. The molecule has 0 saturated heterocycles. The molecular formula is C22H22N2O3S. The molecule has 1 atom stereocenters. The van der Waals surface area contributed by atoms with Crippen LogP contribution in [-0.4, -0.2) is 18.0 Å². The molecule has 6 heteroatoms. The zero-order valence-corrected chi connectivity index (χ0v) is 16.8. The number of nitrogens with one attached hydrogen (secondary N) is 1. The van der Waals surface area contributed by atoms with Crippen molar-refractivity contribution in [3.05, 3.63) is 50.9 Å². The number of thiophene rings is 1. The lowest BCUT2D eigenvalue weighted by molar-refractivity contribution is -0.125. The van der Waals surface area contributed by atoms with Gasteiger partial charge in [0.05, 0.1) is 11.1 Å². The van der Waals surface area contributed by atoms with E-state index >= 15 is 0 Å². The summed E-state index contributed by atoms with van der Waals surface area (Å²) in [6, 6.07) is 7.95. The van der Waals surface area contributed by atoms with Gasteiger partial charge in [0.2, 0.25) is 0 Å². The van der Waals surface area contributed by atoms with Gasteiger partial charge in [0.25, 0.3) is 5.91 Å². The monoisotopic (exact) mass is 394 g/mol. The number of carbonyl (C=O) groups is 2. The number of hydrogen-bond acceptors (Lipinski definition) is 5. The third kappa shape index (κ3) is 3.31. The average molecular weight is 394 g/mol. The van der Waals surface area contributed by atoms with Gasteiger partial charge in [-0.05, 0) is 54.4 Å². The molecule has 1 amide bonds. The van der Waals surface area contributed by atoms with Crippen LogP contribution in [0.3, 0.4) is 0 Å². The third-order valence-electron chi connectivity index (χ3n) is 5.48. The Morgan fingerprint density at radius 1 is 1.32 bits per heavy atom. The minimum atomic E-state index is -0.881. The van der Waals surface area contributed by atoms with Gasteiger partial charge in [0, 0.05) is 11.3 Å². The van der Waals surface area contributed by atoms with E-state index in [4.69, 9.17) is 4.74 Å². The Labute approximate surface area is 168 Å². The summed E-state index contributed by atoms with van der Waals surface area (Å²) < 4.78 is 5.39. The number of nitriles is 1. The maximum Gasteiger partial charge on any atom is 0.339 e. The van der Waals surface area contributed by atoms with Gasteiger partial charge in [0.15, 0.2) is 6.10 Å². The Balaban J connectivity index is 1.57. The SMILES string of the molecule is CC(C)c1ccc2c(c1)CC(C(=O)Nc1sc3c(c1C#N)CCCC3)OC2=O. The summed E-state index contributed by atoms with van der Waals surface area (Å²) in [5, 5.41) is 13.0. The number of hydrogen-bond donors (Lipinski definition) is 1. The third-order valence-corrected chi connectivity index (χ3v) is 6.69. The van der Waals surface area contributed by atoms with E-state index in [2.05, 4.69) is 25.2 Å². The van der Waals surface area contributed by atoms with Crippen LogP contribution < -0.4 is 5.32 Å². The summed E-state index contributed by atoms with van der Waals surface area (Å²) in [7, 11) is 0. The van der Waals surface area contributed by atoms with E-state index in [0.29, 0.717) is 28.5 Å². The van der Waals surface area contributed by atoms with Crippen LogP contribution in [0.5, 0.6) is 0 Å². The summed E-state index contributed by atoms with van der Waals surface area (Å²) in [6.45, 7) is 4.18. The topological polar surface area (TPSA) is 79.2 Å². The first-order valence-corrected chi connectivity index (χ1v) is 10.5. The highest BCUT2D eigenvalue weighted by molar-refractivity contribution is 7.16. The van der Waals surface area contributed by atoms with Gasteiger partial charge in [-0.1, -0.05) is 26.0 Å². The van der Waals surface area contributed by atoms with Crippen LogP contribution in [0.25, 0.3) is 0 Å². The normalized spacial score (nSPS) is 18.1. The summed E-state index contributed by atoms with van der Waals surface area (Å²) in [6.07, 6.45) is 3.48. The molecule has 1 aromatic heterocycles. The number of aryl methyl sites for hydroxylation is 1. The predicted octanol–water partition coefficient (Wildman–Crippen LogP) is 4.34. The fraction of sp³-hybridized carbons (Fsp3) is 0.409. The first-order valence-electron chi connectivity index (χ1n) is 9.67. The number of carbonyl (C=O) groups excluding carboxylic acids is 2. The van der Waals surface area contributed by atoms with Gasteiger partial charge in [-0.2, -0.15) is 5.26 Å². The molecule has 0 fully saturated rings. The second-order valence-corrected chi connectivity index (χ2v) is 8.79. The molecule has 2 heterocycles. The Kier molecular flexibility index (Phi) is 4.94. The van der Waals surface area contributed by atoms with Gasteiger partial charge in [-0.25, -0.2) is 4.79 Å². The van der Waals surface area contributed by atoms with Crippen LogP contribution in [0.15, 0.2) is 18.2 Å². The van der Waals surface area contributed by atoms with Crippen molar-refractivity contribution in [1.29, 1.82) is 5.26 Å². The number of cyclic esters (lactones) is 1. The molecule has 0 spiro atoms. The molecule has 0 bridgehead atoms. The maximum atomic E-state index is 12.8. The lowest BCUT2D eigenvalue weighted by Crippen LogP contribution is -2.38. The van der Waals surface area contributed by atoms with E-state index in [0.717, 1.165) is 42.4 Å². The van der Waals surface area contributed by atoms with Crippen molar-refractivity contribution in [1.82, 2.24) is 0 Å². The van der Waals surface area contributed by atoms with Crippen LogP contribution in [0.2, 0.25) is 0 Å². The number of benzene rings is 1. The highest BCUT2D eigenvalue weighted by Gasteiger charge is 2.33. The molecular weight excluding hydrogens is 372 g/mol. The number of rotatable bonds is 3. The number of fused-ring (bicyclic) bond motifs is 2. The molecule has 1 aliphatic heterocycles. The second kappa shape index (κ2) is 7.40. The zero-order valence-electron chi connectivity index (χ0n) is 16.0. The summed E-state index contributed by atoms with van der Waals surface area (Å²) >= 11 is 1.48. The first kappa shape index (κ1) is 18.7. The van der Waals surface area contributed by atoms with Crippen molar-refractivity contribution in [2.24, 2.45) is 0 Å². The summed E-state index contributed by atoms with van der Waals surface area (Å²) in [5.74, 6) is -0.502. The summed E-state index contributed by atoms with van der Waals surface area (Å²) in [5.41, 5.74) is 4.14. The number of amides is 1. The van der Waals surface area contributed by atoms with E-state index in [1.807, 2.05) is 12.1 Å². The van der Waals surface area contributed by atoms with Crippen molar-refractivity contribution in [2.45, 2.75) is 58.0 Å². The molecule has 0 radical (unpaired) electrons. The van der Waals surface area contributed by atoms with E-state index in [1.54, 1.807) is 6.07 Å². The molecule has 4 rings (SSSR count). The number of esters is 1. The molecule has 1 aliphatic carbocycles. The highest BCUT2D eigenvalue weighted by atomic mass is 32.1. The predicted molar refractivity (Wildman–Crippen MR) is 108 cm³/mol. The zero-order chi connectivity index (χ0) is 19.8. The smallest absolute Gasteiger partial charge is 0.339 e. The highest BCUT2D eigenvalue weighted by Crippen LogP contribution is 2.38. The molecule has 144 valence electrons. The number of anilines is 1. The molecule has 2 aliphatic rings. The van der Waals surface area contributed by atoms with Crippen molar-refractivity contribution >= 4 is 28.2 Å². The largest absolute Gasteiger partial charge is 0.448 e. The Bertz CT molecular complexity index is 1000. The lowest BCUT2D eigenvalue weighted by Gasteiger charge is -2.24. The lowest BCUT2D eigenvalue weighted by atomic mass is 9.92. The van der Waals surface area contributed by atoms with Gasteiger partial charge >= 0.3 is 5.97 Å². The Morgan fingerprint density at radius 3 is 2.86 bits per heavy atom. The number of ether oxygens (including phenoxy) is 1. The van der Waals surface area contributed by atoms with Crippen LogP contribution in [0.1, 0.15) is 70.1 Å². The van der Waals surface area contributed by atoms with E-state index in [1.165, 1.54) is 16.2 Å². The van der Waals surface area contributed by atoms with Crippen molar-refractivity contribution in [2.75, 3.05) is 5.32 Å². The first-order chi connectivity index (χ1) is 13.5. The van der Waals surface area contributed by atoms with Crippen LogP contribution in [0, 0.1) is 11.3 Å². The minimum absolute atomic E-state index is 0.339. The van der Waals surface area contributed by atoms with Crippen molar-refractivity contribution < 1.29 is 14.3 Å². The summed E-state index contributed by atoms with van der Waals surface area (Å²) in [4.78, 5) is 26.4. The molecule has 1 N–H and O–H groups in total. The van der Waals surface area contributed by atoms with E-state index < -0.39 is 12.1 Å². The molecule has 0 saturated carbocycles. The Morgan fingerprint density at radius 2 is 2.11 bits per heavy atom. The Hall–Kier alpha value is -2.65. The fourth-order valence-electron chi connectivity index (χ4n) is 3.89. The van der Waals surface area contributed by atoms with Crippen LogP contribution >= 0.6 is 11.3 Å². The van der Waals surface area contributed by atoms with Crippen LogP contribution in [-0.2, 0) is 28.8 Å². The second-order valence-electron chi connectivity index (χ2n) is 7.69. The van der Waals surface area contributed by atoms with Gasteiger partial charge in [0.1, 0.15) is 11.1 Å². The van der Waals surface area contributed by atoms with Crippen molar-refractivity contribution in [3.63, 3.8) is 0 Å². The molecule has 2 aromatic rings. The van der Waals surface area contributed by atoms with Crippen molar-refractivity contribution in [3.8, 4) is 6.07 Å². The van der Waals surface area contributed by atoms with E-state index in [-0.39, 0.29) is 5.91 Å². The molecule has 28 heavy (non-hydrogen) atoms. The average Bonchev–Trinajstić information content (AvgIpc) is 3.04.